The molecular formula is C15H15Cl2N3O2. The van der Waals surface area contributed by atoms with E-state index in [9.17, 15) is 4.79 Å². The molecule has 1 saturated heterocycles. The van der Waals surface area contributed by atoms with Crippen molar-refractivity contribution in [2.75, 3.05) is 24.6 Å². The smallest absolute Gasteiger partial charge is 0.293 e. The molecule has 0 radical (unpaired) electrons. The van der Waals surface area contributed by atoms with Gasteiger partial charge in [-0.2, -0.15) is 0 Å². The Labute approximate surface area is 138 Å². The Morgan fingerprint density at radius 2 is 2.14 bits per heavy atom. The second kappa shape index (κ2) is 6.28. The molecule has 5 nitrogen and oxygen atoms in total. The van der Waals surface area contributed by atoms with E-state index in [-0.39, 0.29) is 11.7 Å². The summed E-state index contributed by atoms with van der Waals surface area (Å²) in [6.45, 7) is 1.69. The Balaban J connectivity index is 1.86. The highest BCUT2D eigenvalue weighted by molar-refractivity contribution is 6.42. The van der Waals surface area contributed by atoms with Gasteiger partial charge in [0.1, 0.15) is 6.10 Å². The van der Waals surface area contributed by atoms with E-state index in [2.05, 4.69) is 4.98 Å². The summed E-state index contributed by atoms with van der Waals surface area (Å²) >= 11 is 12.0. The number of hydrogen-bond acceptors (Lipinski definition) is 4. The monoisotopic (exact) mass is 339 g/mol. The largest absolute Gasteiger partial charge is 0.370 e. The van der Waals surface area contributed by atoms with E-state index in [0.29, 0.717) is 35.6 Å². The molecule has 116 valence electrons. The standard InChI is InChI=1S/C15H15Cl2N3O2/c1-19-5-4-18-14(15(19)21)20-6-7-22-13(9-20)10-2-3-11(16)12(17)8-10/h2-5,8,13H,6-7,9H2,1H3/t13-/m1/s1. The Kier molecular flexibility index (Phi) is 4.38. The number of aromatic nitrogens is 2. The van der Waals surface area contributed by atoms with Gasteiger partial charge in [0.05, 0.1) is 23.2 Å². The van der Waals surface area contributed by atoms with Gasteiger partial charge in [-0.3, -0.25) is 4.79 Å². The first-order valence-electron chi connectivity index (χ1n) is 6.89. The molecule has 0 amide bonds. The third kappa shape index (κ3) is 2.97. The highest BCUT2D eigenvalue weighted by atomic mass is 35.5. The van der Waals surface area contributed by atoms with Crippen LogP contribution in [0.25, 0.3) is 0 Å². The lowest BCUT2D eigenvalue weighted by Crippen LogP contribution is -2.42. The number of nitrogens with zero attached hydrogens (tertiary/aromatic N) is 3. The van der Waals surface area contributed by atoms with E-state index in [1.165, 1.54) is 4.57 Å². The SMILES string of the molecule is Cn1ccnc(N2CCO[C@@H](c3ccc(Cl)c(Cl)c3)C2)c1=O. The topological polar surface area (TPSA) is 47.4 Å². The number of rotatable bonds is 2. The second-order valence-electron chi connectivity index (χ2n) is 5.15. The van der Waals surface area contributed by atoms with Gasteiger partial charge in [0.15, 0.2) is 5.82 Å². The van der Waals surface area contributed by atoms with Gasteiger partial charge in [-0.25, -0.2) is 4.98 Å². The zero-order valence-corrected chi connectivity index (χ0v) is 13.5. The number of ether oxygens (including phenoxy) is 1. The van der Waals surface area contributed by atoms with Crippen LogP contribution in [0.1, 0.15) is 11.7 Å². The third-order valence-corrected chi connectivity index (χ3v) is 4.42. The van der Waals surface area contributed by atoms with Crippen LogP contribution in [0.4, 0.5) is 5.82 Å². The fraction of sp³-hybridized carbons (Fsp3) is 0.333. The zero-order chi connectivity index (χ0) is 15.7. The second-order valence-corrected chi connectivity index (χ2v) is 5.96. The van der Waals surface area contributed by atoms with Crippen LogP contribution < -0.4 is 10.5 Å². The molecule has 1 fully saturated rings. The van der Waals surface area contributed by atoms with Crippen LogP contribution in [0.5, 0.6) is 0 Å². The first-order valence-corrected chi connectivity index (χ1v) is 7.65. The van der Waals surface area contributed by atoms with E-state index in [1.807, 2.05) is 11.0 Å². The molecule has 1 aliphatic heterocycles. The number of hydrogen-bond donors (Lipinski definition) is 0. The fourth-order valence-electron chi connectivity index (χ4n) is 2.46. The van der Waals surface area contributed by atoms with Crippen LogP contribution in [-0.2, 0) is 11.8 Å². The highest BCUT2D eigenvalue weighted by Crippen LogP contribution is 2.29. The molecule has 0 unspecified atom stereocenters. The molecule has 2 heterocycles. The Morgan fingerprint density at radius 1 is 1.32 bits per heavy atom. The molecular weight excluding hydrogens is 325 g/mol. The van der Waals surface area contributed by atoms with Crippen LogP contribution in [0.3, 0.4) is 0 Å². The third-order valence-electron chi connectivity index (χ3n) is 3.68. The minimum absolute atomic E-state index is 0.114. The van der Waals surface area contributed by atoms with Crippen molar-refractivity contribution < 1.29 is 4.74 Å². The average Bonchev–Trinajstić information content (AvgIpc) is 2.53. The van der Waals surface area contributed by atoms with E-state index >= 15 is 0 Å². The summed E-state index contributed by atoms with van der Waals surface area (Å²) in [7, 11) is 1.71. The molecule has 0 spiro atoms. The molecule has 2 aromatic rings. The molecule has 0 N–H and O–H groups in total. The number of anilines is 1. The van der Waals surface area contributed by atoms with Gasteiger partial charge in [-0.05, 0) is 17.7 Å². The van der Waals surface area contributed by atoms with Gasteiger partial charge >= 0.3 is 0 Å². The number of aryl methyl sites for hydroxylation is 1. The first-order chi connectivity index (χ1) is 10.6. The predicted molar refractivity (Wildman–Crippen MR) is 86.8 cm³/mol. The normalized spacial score (nSPS) is 18.5. The summed E-state index contributed by atoms with van der Waals surface area (Å²) in [5.41, 5.74) is 0.823. The Morgan fingerprint density at radius 3 is 2.91 bits per heavy atom. The summed E-state index contributed by atoms with van der Waals surface area (Å²) in [6.07, 6.45) is 3.10. The number of morpholine rings is 1. The molecule has 22 heavy (non-hydrogen) atoms. The van der Waals surface area contributed by atoms with Gasteiger partial charge in [-0.1, -0.05) is 29.3 Å². The maximum atomic E-state index is 12.2. The maximum absolute atomic E-state index is 12.2. The van der Waals surface area contributed by atoms with Gasteiger partial charge in [0.2, 0.25) is 0 Å². The minimum Gasteiger partial charge on any atom is -0.370 e. The van der Waals surface area contributed by atoms with E-state index in [1.54, 1.807) is 31.6 Å². The van der Waals surface area contributed by atoms with E-state index < -0.39 is 0 Å². The van der Waals surface area contributed by atoms with Crippen molar-refractivity contribution in [1.82, 2.24) is 9.55 Å². The van der Waals surface area contributed by atoms with Crippen molar-refractivity contribution in [3.63, 3.8) is 0 Å². The molecule has 1 aromatic heterocycles. The lowest BCUT2D eigenvalue weighted by molar-refractivity contribution is 0.0394. The van der Waals surface area contributed by atoms with Crippen LogP contribution in [-0.4, -0.2) is 29.2 Å². The predicted octanol–water partition coefficient (Wildman–Crippen LogP) is 2.67. The van der Waals surface area contributed by atoms with Crippen molar-refractivity contribution in [2.45, 2.75) is 6.10 Å². The molecule has 0 bridgehead atoms. The van der Waals surface area contributed by atoms with Crippen molar-refractivity contribution >= 4 is 29.0 Å². The highest BCUT2D eigenvalue weighted by Gasteiger charge is 2.25. The Bertz CT molecular complexity index is 748. The summed E-state index contributed by atoms with van der Waals surface area (Å²) in [5, 5.41) is 1.00. The molecule has 1 atom stereocenters. The Hall–Kier alpha value is -1.56. The van der Waals surface area contributed by atoms with Gasteiger partial charge in [0.25, 0.3) is 5.56 Å². The van der Waals surface area contributed by atoms with Crippen LogP contribution in [0, 0.1) is 0 Å². The maximum Gasteiger partial charge on any atom is 0.293 e. The minimum atomic E-state index is -0.171. The van der Waals surface area contributed by atoms with Crippen molar-refractivity contribution in [1.29, 1.82) is 0 Å². The molecule has 1 aliphatic rings. The quantitative estimate of drug-likeness (QED) is 0.843. The van der Waals surface area contributed by atoms with Gasteiger partial charge in [-0.15, -0.1) is 0 Å². The van der Waals surface area contributed by atoms with Crippen molar-refractivity contribution in [3.8, 4) is 0 Å². The van der Waals surface area contributed by atoms with Crippen LogP contribution >= 0.6 is 23.2 Å². The lowest BCUT2D eigenvalue weighted by Gasteiger charge is -2.33. The van der Waals surface area contributed by atoms with E-state index in [4.69, 9.17) is 27.9 Å². The van der Waals surface area contributed by atoms with Gasteiger partial charge in [0, 0.05) is 26.0 Å². The first kappa shape index (κ1) is 15.3. The molecule has 3 rings (SSSR count). The average molecular weight is 340 g/mol. The van der Waals surface area contributed by atoms with Crippen LogP contribution in [0.2, 0.25) is 10.0 Å². The summed E-state index contributed by atoms with van der Waals surface area (Å²) in [5.74, 6) is 0.443. The summed E-state index contributed by atoms with van der Waals surface area (Å²) in [6, 6.07) is 5.44. The number of halogens is 2. The van der Waals surface area contributed by atoms with Crippen LogP contribution in [0.15, 0.2) is 35.4 Å². The van der Waals surface area contributed by atoms with E-state index in [0.717, 1.165) is 5.56 Å². The molecule has 1 aromatic carbocycles. The fourth-order valence-corrected chi connectivity index (χ4v) is 2.76. The summed E-state index contributed by atoms with van der Waals surface area (Å²) < 4.78 is 7.32. The molecule has 7 heteroatoms. The molecule has 0 saturated carbocycles. The molecule has 0 aliphatic carbocycles. The summed E-state index contributed by atoms with van der Waals surface area (Å²) in [4.78, 5) is 18.3. The van der Waals surface area contributed by atoms with Crippen molar-refractivity contribution in [3.05, 3.63) is 56.6 Å². The zero-order valence-electron chi connectivity index (χ0n) is 12.0. The number of benzene rings is 1. The lowest BCUT2D eigenvalue weighted by atomic mass is 10.1. The van der Waals surface area contributed by atoms with Crippen molar-refractivity contribution in [2.24, 2.45) is 7.05 Å². The van der Waals surface area contributed by atoms with Gasteiger partial charge < -0.3 is 14.2 Å².